The Balaban J connectivity index is 2.56. The van der Waals surface area contributed by atoms with Crippen LogP contribution in [0.5, 0.6) is 5.75 Å². The van der Waals surface area contributed by atoms with Crippen molar-refractivity contribution in [2.24, 2.45) is 0 Å². The molecule has 2 aromatic carbocycles. The summed E-state index contributed by atoms with van der Waals surface area (Å²) < 4.78 is 5.22. The molecule has 2 rings (SSSR count). The summed E-state index contributed by atoms with van der Waals surface area (Å²) in [6.45, 7) is 0. The lowest BCUT2D eigenvalue weighted by molar-refractivity contribution is 0.215. The molecule has 1 N–H and O–H groups in total. The van der Waals surface area contributed by atoms with Crippen LogP contribution in [-0.4, -0.2) is 12.2 Å². The highest BCUT2D eigenvalue weighted by atomic mass is 35.5. The first-order valence-corrected chi connectivity index (χ1v) is 6.64. The third-order valence-electron chi connectivity index (χ3n) is 2.78. The molecule has 100 valence electrons. The van der Waals surface area contributed by atoms with Gasteiger partial charge in [-0.1, -0.05) is 53.0 Å². The van der Waals surface area contributed by atoms with Gasteiger partial charge >= 0.3 is 0 Å². The van der Waals surface area contributed by atoms with Crippen molar-refractivity contribution in [2.45, 2.75) is 6.10 Å². The van der Waals surface area contributed by atoms with E-state index in [1.54, 1.807) is 36.4 Å². The van der Waals surface area contributed by atoms with Crippen LogP contribution in [0.3, 0.4) is 0 Å². The number of rotatable bonds is 3. The van der Waals surface area contributed by atoms with Gasteiger partial charge in [0.2, 0.25) is 0 Å². The molecule has 1 atom stereocenters. The van der Waals surface area contributed by atoms with Gasteiger partial charge in [0.05, 0.1) is 22.2 Å². The Kier molecular flexibility index (Phi) is 4.58. The largest absolute Gasteiger partial charge is 0.496 e. The van der Waals surface area contributed by atoms with E-state index in [-0.39, 0.29) is 0 Å². The van der Waals surface area contributed by atoms with Crippen molar-refractivity contribution in [3.63, 3.8) is 0 Å². The zero-order valence-electron chi connectivity index (χ0n) is 10.0. The normalized spacial score (nSPS) is 12.3. The Morgan fingerprint density at radius 3 is 2.32 bits per heavy atom. The van der Waals surface area contributed by atoms with Crippen LogP contribution in [0.4, 0.5) is 0 Å². The van der Waals surface area contributed by atoms with E-state index in [1.807, 2.05) is 0 Å². The average Bonchev–Trinajstić information content (AvgIpc) is 2.40. The van der Waals surface area contributed by atoms with E-state index in [9.17, 15) is 5.11 Å². The highest BCUT2D eigenvalue weighted by Gasteiger charge is 2.21. The monoisotopic (exact) mass is 316 g/mol. The summed E-state index contributed by atoms with van der Waals surface area (Å²) in [4.78, 5) is 0. The lowest BCUT2D eigenvalue weighted by atomic mass is 10.0. The second kappa shape index (κ2) is 6.02. The molecule has 0 aliphatic rings. The van der Waals surface area contributed by atoms with Crippen molar-refractivity contribution in [2.75, 3.05) is 7.11 Å². The van der Waals surface area contributed by atoms with Crippen LogP contribution in [-0.2, 0) is 0 Å². The molecule has 0 aromatic heterocycles. The summed E-state index contributed by atoms with van der Waals surface area (Å²) in [5.74, 6) is 0.496. The maximum absolute atomic E-state index is 10.5. The number of ether oxygens (including phenoxy) is 1. The molecule has 19 heavy (non-hydrogen) atoms. The minimum absolute atomic E-state index is 0.304. The molecule has 5 heteroatoms. The van der Waals surface area contributed by atoms with E-state index in [0.29, 0.717) is 31.9 Å². The Labute approximate surface area is 126 Å². The SMILES string of the molecule is COc1cccc(Cl)c1C(O)c1cccc(Cl)c1Cl. The van der Waals surface area contributed by atoms with Crippen LogP contribution >= 0.6 is 34.8 Å². The van der Waals surface area contributed by atoms with Crippen molar-refractivity contribution < 1.29 is 9.84 Å². The van der Waals surface area contributed by atoms with Crippen LogP contribution in [0.25, 0.3) is 0 Å². The van der Waals surface area contributed by atoms with Gasteiger partial charge in [0.15, 0.2) is 0 Å². The molecule has 0 spiro atoms. The fourth-order valence-corrected chi connectivity index (χ4v) is 2.53. The summed E-state index contributed by atoms with van der Waals surface area (Å²) in [6.07, 6.45) is -1.00. The third-order valence-corrected chi connectivity index (χ3v) is 3.95. The first kappa shape index (κ1) is 14.5. The van der Waals surface area contributed by atoms with Gasteiger partial charge in [0, 0.05) is 11.1 Å². The molecule has 0 heterocycles. The maximum Gasteiger partial charge on any atom is 0.126 e. The standard InChI is InChI=1S/C14H11Cl3O2/c1-19-11-7-3-5-9(15)12(11)14(18)8-4-2-6-10(16)13(8)17/h2-7,14,18H,1H3. The van der Waals surface area contributed by atoms with Crippen molar-refractivity contribution in [1.29, 1.82) is 0 Å². The number of hydrogen-bond acceptors (Lipinski definition) is 2. The third kappa shape index (κ3) is 2.82. The fourth-order valence-electron chi connectivity index (χ4n) is 1.85. The van der Waals surface area contributed by atoms with Crippen molar-refractivity contribution in [1.82, 2.24) is 0 Å². The first-order valence-electron chi connectivity index (χ1n) is 5.50. The van der Waals surface area contributed by atoms with Gasteiger partial charge in [-0.3, -0.25) is 0 Å². The van der Waals surface area contributed by atoms with E-state index in [4.69, 9.17) is 39.5 Å². The van der Waals surface area contributed by atoms with Crippen molar-refractivity contribution in [3.05, 3.63) is 62.6 Å². The van der Waals surface area contributed by atoms with Crippen LogP contribution in [0, 0.1) is 0 Å². The highest BCUT2D eigenvalue weighted by molar-refractivity contribution is 6.42. The van der Waals surface area contributed by atoms with E-state index in [2.05, 4.69) is 0 Å². The molecule has 2 aromatic rings. The molecule has 0 saturated heterocycles. The van der Waals surface area contributed by atoms with Crippen molar-refractivity contribution in [3.8, 4) is 5.75 Å². The number of halogens is 3. The summed E-state index contributed by atoms with van der Waals surface area (Å²) in [6, 6.07) is 10.2. The van der Waals surface area contributed by atoms with Gasteiger partial charge in [0.25, 0.3) is 0 Å². The molecule has 0 radical (unpaired) electrons. The van der Waals surface area contributed by atoms with E-state index in [0.717, 1.165) is 0 Å². The van der Waals surface area contributed by atoms with E-state index >= 15 is 0 Å². The summed E-state index contributed by atoms with van der Waals surface area (Å²) in [5, 5.41) is 11.6. The minimum Gasteiger partial charge on any atom is -0.496 e. The molecule has 0 fully saturated rings. The van der Waals surface area contributed by atoms with Crippen LogP contribution < -0.4 is 4.74 Å². The number of benzene rings is 2. The second-order valence-electron chi connectivity index (χ2n) is 3.90. The summed E-state index contributed by atoms with van der Waals surface area (Å²) >= 11 is 18.2. The highest BCUT2D eigenvalue weighted by Crippen LogP contribution is 2.39. The minimum atomic E-state index is -1.00. The predicted octanol–water partition coefficient (Wildman–Crippen LogP) is 4.74. The fraction of sp³-hybridized carbons (Fsp3) is 0.143. The van der Waals surface area contributed by atoms with Crippen LogP contribution in [0.1, 0.15) is 17.2 Å². The van der Waals surface area contributed by atoms with Gasteiger partial charge in [0.1, 0.15) is 11.9 Å². The van der Waals surface area contributed by atoms with Gasteiger partial charge in [-0.15, -0.1) is 0 Å². The number of aliphatic hydroxyl groups is 1. The molecule has 0 aliphatic heterocycles. The molecule has 0 amide bonds. The molecular weight excluding hydrogens is 307 g/mol. The molecule has 0 bridgehead atoms. The quantitative estimate of drug-likeness (QED) is 0.886. The smallest absolute Gasteiger partial charge is 0.126 e. The van der Waals surface area contributed by atoms with Gasteiger partial charge in [-0.2, -0.15) is 0 Å². The van der Waals surface area contributed by atoms with Gasteiger partial charge in [-0.05, 0) is 18.2 Å². The zero-order chi connectivity index (χ0) is 14.0. The predicted molar refractivity (Wildman–Crippen MR) is 78.5 cm³/mol. The topological polar surface area (TPSA) is 29.5 Å². The number of aliphatic hydroxyl groups excluding tert-OH is 1. The van der Waals surface area contributed by atoms with Crippen molar-refractivity contribution >= 4 is 34.8 Å². The zero-order valence-corrected chi connectivity index (χ0v) is 12.3. The lowest BCUT2D eigenvalue weighted by Gasteiger charge is -2.18. The Hall–Kier alpha value is -0.930. The summed E-state index contributed by atoms with van der Waals surface area (Å²) in [7, 11) is 1.52. The lowest BCUT2D eigenvalue weighted by Crippen LogP contribution is -2.04. The van der Waals surface area contributed by atoms with Crippen LogP contribution in [0.15, 0.2) is 36.4 Å². The average molecular weight is 318 g/mol. The Morgan fingerprint density at radius 2 is 1.63 bits per heavy atom. The second-order valence-corrected chi connectivity index (χ2v) is 5.09. The number of methoxy groups -OCH3 is 1. The molecule has 0 saturated carbocycles. The number of hydrogen-bond donors (Lipinski definition) is 1. The first-order chi connectivity index (χ1) is 9.06. The molecular formula is C14H11Cl3O2. The van der Waals surface area contributed by atoms with Gasteiger partial charge < -0.3 is 9.84 Å². The molecule has 1 unspecified atom stereocenters. The molecule has 2 nitrogen and oxygen atoms in total. The summed E-state index contributed by atoms with van der Waals surface area (Å²) in [5.41, 5.74) is 0.955. The Morgan fingerprint density at radius 1 is 1.00 bits per heavy atom. The van der Waals surface area contributed by atoms with E-state index in [1.165, 1.54) is 7.11 Å². The molecule has 0 aliphatic carbocycles. The Bertz CT molecular complexity index is 599. The van der Waals surface area contributed by atoms with E-state index < -0.39 is 6.10 Å². The maximum atomic E-state index is 10.5. The van der Waals surface area contributed by atoms with Gasteiger partial charge in [-0.25, -0.2) is 0 Å². The van der Waals surface area contributed by atoms with Crippen LogP contribution in [0.2, 0.25) is 15.1 Å².